The van der Waals surface area contributed by atoms with E-state index < -0.39 is 5.97 Å². The summed E-state index contributed by atoms with van der Waals surface area (Å²) in [4.78, 5) is 10.7. The number of rotatable bonds is 1. The maximum Gasteiger partial charge on any atom is 0.336 e. The van der Waals surface area contributed by atoms with E-state index in [0.717, 1.165) is 5.57 Å². The van der Waals surface area contributed by atoms with Gasteiger partial charge in [0.1, 0.15) is 0 Å². The quantitative estimate of drug-likeness (QED) is 0.667. The number of hydrogen-bond acceptors (Lipinski definition) is 3. The highest BCUT2D eigenvalue weighted by atomic mass is 32.2. The maximum atomic E-state index is 10.7. The predicted molar refractivity (Wildman–Crippen MR) is 45.4 cm³/mol. The number of aliphatic carboxylic acids is 1. The molecule has 0 aromatic carbocycles. The van der Waals surface area contributed by atoms with Crippen molar-refractivity contribution < 1.29 is 14.6 Å². The lowest BCUT2D eigenvalue weighted by atomic mass is 10.1. The zero-order valence-corrected chi connectivity index (χ0v) is 6.88. The Morgan fingerprint density at radius 2 is 2.50 bits per heavy atom. The van der Waals surface area contributed by atoms with Crippen molar-refractivity contribution in [2.24, 2.45) is 0 Å². The molecule has 4 heteroatoms. The van der Waals surface area contributed by atoms with Gasteiger partial charge in [0.25, 0.3) is 0 Å². The van der Waals surface area contributed by atoms with Crippen LogP contribution in [0.15, 0.2) is 35.0 Å². The number of carboxylic acid groups (broad SMARTS) is 1. The van der Waals surface area contributed by atoms with Gasteiger partial charge in [-0.05, 0) is 11.5 Å². The van der Waals surface area contributed by atoms with Crippen LogP contribution in [0.2, 0.25) is 0 Å². The number of thioether (sulfide) groups is 1. The number of fused-ring (bicyclic) bond motifs is 1. The van der Waals surface area contributed by atoms with Crippen LogP contribution >= 0.6 is 11.8 Å². The van der Waals surface area contributed by atoms with E-state index in [1.54, 1.807) is 23.8 Å². The molecule has 0 aromatic heterocycles. The Bertz CT molecular complexity index is 314. The van der Waals surface area contributed by atoms with Crippen molar-refractivity contribution in [3.63, 3.8) is 0 Å². The molecule has 2 heterocycles. The van der Waals surface area contributed by atoms with Gasteiger partial charge in [-0.3, -0.25) is 0 Å². The van der Waals surface area contributed by atoms with E-state index in [9.17, 15) is 4.79 Å². The second-order valence-electron chi connectivity index (χ2n) is 2.39. The minimum atomic E-state index is -0.893. The molecule has 0 fully saturated rings. The summed E-state index contributed by atoms with van der Waals surface area (Å²) in [6.07, 6.45) is 5.04. The van der Waals surface area contributed by atoms with E-state index in [1.807, 2.05) is 0 Å². The van der Waals surface area contributed by atoms with E-state index in [4.69, 9.17) is 9.84 Å². The third kappa shape index (κ3) is 1.04. The van der Waals surface area contributed by atoms with E-state index >= 15 is 0 Å². The molecule has 2 aliphatic heterocycles. The molecule has 0 spiro atoms. The van der Waals surface area contributed by atoms with E-state index in [0.29, 0.717) is 5.57 Å². The lowest BCUT2D eigenvalue weighted by molar-refractivity contribution is -0.132. The van der Waals surface area contributed by atoms with Crippen LogP contribution in [0.5, 0.6) is 0 Å². The Balaban J connectivity index is 2.34. The third-order valence-corrected chi connectivity index (χ3v) is 2.65. The van der Waals surface area contributed by atoms with Crippen molar-refractivity contribution in [2.45, 2.75) is 5.44 Å². The molecule has 12 heavy (non-hydrogen) atoms. The zero-order chi connectivity index (χ0) is 8.55. The number of hydrogen-bond donors (Lipinski definition) is 1. The smallest absolute Gasteiger partial charge is 0.336 e. The number of carboxylic acids is 1. The van der Waals surface area contributed by atoms with Crippen molar-refractivity contribution >= 4 is 17.7 Å². The van der Waals surface area contributed by atoms with Gasteiger partial charge in [0.05, 0.1) is 11.8 Å². The highest BCUT2D eigenvalue weighted by Gasteiger charge is 2.29. The van der Waals surface area contributed by atoms with Crippen LogP contribution in [-0.4, -0.2) is 16.5 Å². The van der Waals surface area contributed by atoms with Crippen molar-refractivity contribution in [2.75, 3.05) is 0 Å². The molecular weight excluding hydrogens is 176 g/mol. The van der Waals surface area contributed by atoms with Crippen LogP contribution in [0.25, 0.3) is 0 Å². The molecule has 2 rings (SSSR count). The fraction of sp³-hybridized carbons (Fsp3) is 0.125. The molecule has 1 atom stereocenters. The van der Waals surface area contributed by atoms with Crippen molar-refractivity contribution in [1.29, 1.82) is 0 Å². The monoisotopic (exact) mass is 182 g/mol. The van der Waals surface area contributed by atoms with Crippen LogP contribution in [0.1, 0.15) is 0 Å². The molecule has 1 N–H and O–H groups in total. The SMILES string of the molecule is O=C(O)C1=CSC2OC=CC=C12. The molecule has 0 radical (unpaired) electrons. The third-order valence-electron chi connectivity index (χ3n) is 1.66. The summed E-state index contributed by atoms with van der Waals surface area (Å²) in [7, 11) is 0. The van der Waals surface area contributed by atoms with Crippen LogP contribution in [0.4, 0.5) is 0 Å². The normalized spacial score (nSPS) is 25.5. The second kappa shape index (κ2) is 2.71. The van der Waals surface area contributed by atoms with Crippen molar-refractivity contribution in [3.8, 4) is 0 Å². The molecular formula is C8H6O3S. The predicted octanol–water partition coefficient (Wildman–Crippen LogP) is 1.50. The van der Waals surface area contributed by atoms with Gasteiger partial charge in [-0.15, -0.1) is 0 Å². The van der Waals surface area contributed by atoms with Gasteiger partial charge in [-0.2, -0.15) is 0 Å². The molecule has 0 aliphatic carbocycles. The topological polar surface area (TPSA) is 46.5 Å². The van der Waals surface area contributed by atoms with Gasteiger partial charge in [-0.1, -0.05) is 17.8 Å². The number of carbonyl (C=O) groups is 1. The minimum Gasteiger partial charge on any atom is -0.482 e. The minimum absolute atomic E-state index is 0.152. The van der Waals surface area contributed by atoms with Gasteiger partial charge in [0, 0.05) is 5.57 Å². The molecule has 0 saturated carbocycles. The van der Waals surface area contributed by atoms with Crippen LogP contribution in [0, 0.1) is 0 Å². The number of allylic oxidation sites excluding steroid dienone is 2. The van der Waals surface area contributed by atoms with E-state index in [-0.39, 0.29) is 5.44 Å². The average Bonchev–Trinajstić information content (AvgIpc) is 2.47. The van der Waals surface area contributed by atoms with Crippen LogP contribution in [0.3, 0.4) is 0 Å². The highest BCUT2D eigenvalue weighted by Crippen LogP contribution is 2.37. The Labute approximate surface area is 73.4 Å². The average molecular weight is 182 g/mol. The lowest BCUT2D eigenvalue weighted by Gasteiger charge is -2.14. The molecule has 0 saturated heterocycles. The fourth-order valence-electron chi connectivity index (χ4n) is 1.11. The molecule has 0 aromatic rings. The molecule has 2 aliphatic rings. The Hall–Kier alpha value is -1.16. The Kier molecular flexibility index (Phi) is 1.69. The first-order valence-corrected chi connectivity index (χ1v) is 4.35. The van der Waals surface area contributed by atoms with Gasteiger partial charge < -0.3 is 9.84 Å². The molecule has 0 bridgehead atoms. The largest absolute Gasteiger partial charge is 0.482 e. The zero-order valence-electron chi connectivity index (χ0n) is 6.06. The molecule has 1 unspecified atom stereocenters. The summed E-state index contributed by atoms with van der Waals surface area (Å²) >= 11 is 1.38. The lowest BCUT2D eigenvalue weighted by Crippen LogP contribution is -2.11. The Morgan fingerprint density at radius 3 is 3.25 bits per heavy atom. The molecule has 3 nitrogen and oxygen atoms in total. The maximum absolute atomic E-state index is 10.7. The summed E-state index contributed by atoms with van der Waals surface area (Å²) in [5.74, 6) is -0.893. The van der Waals surface area contributed by atoms with E-state index in [2.05, 4.69) is 0 Å². The van der Waals surface area contributed by atoms with Crippen molar-refractivity contribution in [1.82, 2.24) is 0 Å². The van der Waals surface area contributed by atoms with Gasteiger partial charge in [-0.25, -0.2) is 4.79 Å². The summed E-state index contributed by atoms with van der Waals surface area (Å²) in [5, 5.41) is 10.4. The second-order valence-corrected chi connectivity index (χ2v) is 3.33. The summed E-state index contributed by atoms with van der Waals surface area (Å²) in [5.41, 5.74) is 0.936. The molecule has 0 amide bonds. The van der Waals surface area contributed by atoms with Gasteiger partial charge in [0.2, 0.25) is 0 Å². The highest BCUT2D eigenvalue weighted by molar-refractivity contribution is 8.03. The fourth-order valence-corrected chi connectivity index (χ4v) is 2.08. The summed E-state index contributed by atoms with van der Waals surface area (Å²) < 4.78 is 5.18. The first-order chi connectivity index (χ1) is 5.79. The Morgan fingerprint density at radius 1 is 1.67 bits per heavy atom. The first kappa shape index (κ1) is 7.49. The van der Waals surface area contributed by atoms with Crippen LogP contribution in [-0.2, 0) is 9.53 Å². The summed E-state index contributed by atoms with van der Waals surface area (Å²) in [6.45, 7) is 0. The van der Waals surface area contributed by atoms with Crippen molar-refractivity contribution in [3.05, 3.63) is 35.0 Å². The first-order valence-electron chi connectivity index (χ1n) is 3.40. The number of ether oxygens (including phenoxy) is 1. The standard InChI is InChI=1S/C8H6O3S/c9-7(10)6-4-12-8-5(6)2-1-3-11-8/h1-4,8H,(H,9,10). The van der Waals surface area contributed by atoms with E-state index in [1.165, 1.54) is 11.8 Å². The summed E-state index contributed by atoms with van der Waals surface area (Å²) in [6, 6.07) is 0. The van der Waals surface area contributed by atoms with Crippen LogP contribution < -0.4 is 0 Å². The molecule has 62 valence electrons. The van der Waals surface area contributed by atoms with Gasteiger partial charge in [0.15, 0.2) is 5.44 Å². The van der Waals surface area contributed by atoms with Gasteiger partial charge >= 0.3 is 5.97 Å².